The predicted octanol–water partition coefficient (Wildman–Crippen LogP) is 2.13. The van der Waals surface area contributed by atoms with Crippen LogP contribution in [-0.4, -0.2) is 44.0 Å². The molecule has 2 aromatic heterocycles. The average Bonchev–Trinajstić information content (AvgIpc) is 3.15. The van der Waals surface area contributed by atoms with Crippen molar-refractivity contribution in [2.45, 2.75) is 12.8 Å². The average molecular weight is 363 g/mol. The summed E-state index contributed by atoms with van der Waals surface area (Å²) in [6, 6.07) is 7.69. The summed E-state index contributed by atoms with van der Waals surface area (Å²) in [5.41, 5.74) is 2.49. The lowest BCUT2D eigenvalue weighted by Crippen LogP contribution is -2.38. The smallest absolute Gasteiger partial charge is 0.227 e. The van der Waals surface area contributed by atoms with Gasteiger partial charge in [0.05, 0.1) is 12.4 Å². The summed E-state index contributed by atoms with van der Waals surface area (Å²) in [6.45, 7) is 1.60. The molecule has 1 aromatic carbocycles. The molecule has 3 aromatic rings. The van der Waals surface area contributed by atoms with Crippen LogP contribution >= 0.6 is 0 Å². The molecular formula is C19H21N7O. The number of piperidine rings is 1. The van der Waals surface area contributed by atoms with Crippen molar-refractivity contribution in [2.75, 3.05) is 23.3 Å². The van der Waals surface area contributed by atoms with Crippen LogP contribution in [0, 0.1) is 5.92 Å². The fraction of sp³-hybridized carbons (Fsp3) is 0.316. The van der Waals surface area contributed by atoms with E-state index in [1.165, 1.54) is 0 Å². The molecule has 8 heteroatoms. The van der Waals surface area contributed by atoms with Gasteiger partial charge < -0.3 is 10.2 Å². The van der Waals surface area contributed by atoms with Crippen molar-refractivity contribution in [1.82, 2.24) is 25.0 Å². The number of nitrogens with one attached hydrogen (secondary N) is 1. The van der Waals surface area contributed by atoms with E-state index in [1.807, 2.05) is 37.5 Å². The molecule has 1 aliphatic heterocycles. The Balaban J connectivity index is 1.37. The second-order valence-corrected chi connectivity index (χ2v) is 6.67. The van der Waals surface area contributed by atoms with Gasteiger partial charge in [0.2, 0.25) is 5.91 Å². The lowest BCUT2D eigenvalue weighted by atomic mass is 9.95. The van der Waals surface area contributed by atoms with Crippen LogP contribution in [0.5, 0.6) is 0 Å². The van der Waals surface area contributed by atoms with Crippen molar-refractivity contribution in [3.8, 4) is 11.3 Å². The highest BCUT2D eigenvalue weighted by Crippen LogP contribution is 2.24. The van der Waals surface area contributed by atoms with Gasteiger partial charge in [-0.3, -0.25) is 14.5 Å². The standard InChI is InChI=1S/C19H21N7O/c1-25-13-17(23-24-25)15-3-2-4-16(11-15)22-19(27)14-5-9-26(10-6-14)18-12-20-7-8-21-18/h2-4,7-8,11-14H,5-6,9-10H2,1H3,(H,22,27). The van der Waals surface area contributed by atoms with Crippen molar-refractivity contribution < 1.29 is 4.79 Å². The third kappa shape index (κ3) is 3.94. The molecule has 1 N–H and O–H groups in total. The van der Waals surface area contributed by atoms with Crippen molar-refractivity contribution in [2.24, 2.45) is 13.0 Å². The molecule has 138 valence electrons. The van der Waals surface area contributed by atoms with Crippen molar-refractivity contribution >= 4 is 17.4 Å². The highest BCUT2D eigenvalue weighted by Gasteiger charge is 2.25. The van der Waals surface area contributed by atoms with E-state index < -0.39 is 0 Å². The number of aryl methyl sites for hydroxylation is 1. The van der Waals surface area contributed by atoms with Gasteiger partial charge in [-0.05, 0) is 25.0 Å². The summed E-state index contributed by atoms with van der Waals surface area (Å²) >= 11 is 0. The van der Waals surface area contributed by atoms with E-state index in [0.29, 0.717) is 0 Å². The van der Waals surface area contributed by atoms with Crippen LogP contribution in [0.15, 0.2) is 49.1 Å². The van der Waals surface area contributed by atoms with Crippen LogP contribution in [0.25, 0.3) is 11.3 Å². The van der Waals surface area contributed by atoms with E-state index in [4.69, 9.17) is 0 Å². The minimum Gasteiger partial charge on any atom is -0.355 e. The monoisotopic (exact) mass is 363 g/mol. The van der Waals surface area contributed by atoms with Crippen LogP contribution in [-0.2, 0) is 11.8 Å². The Morgan fingerprint density at radius 3 is 2.78 bits per heavy atom. The zero-order valence-corrected chi connectivity index (χ0v) is 15.1. The van der Waals surface area contributed by atoms with Gasteiger partial charge in [0.25, 0.3) is 0 Å². The van der Waals surface area contributed by atoms with Crippen LogP contribution in [0.2, 0.25) is 0 Å². The van der Waals surface area contributed by atoms with Gasteiger partial charge in [0.15, 0.2) is 0 Å². The molecule has 4 rings (SSSR count). The first-order chi connectivity index (χ1) is 13.2. The molecule has 0 atom stereocenters. The van der Waals surface area contributed by atoms with E-state index in [-0.39, 0.29) is 11.8 Å². The highest BCUT2D eigenvalue weighted by atomic mass is 16.1. The number of aromatic nitrogens is 5. The molecule has 0 aliphatic carbocycles. The molecule has 0 unspecified atom stereocenters. The number of hydrogen-bond donors (Lipinski definition) is 1. The third-order valence-corrected chi connectivity index (χ3v) is 4.77. The fourth-order valence-corrected chi connectivity index (χ4v) is 3.31. The van der Waals surface area contributed by atoms with Crippen LogP contribution in [0.4, 0.5) is 11.5 Å². The second-order valence-electron chi connectivity index (χ2n) is 6.67. The number of carbonyl (C=O) groups is 1. The first-order valence-electron chi connectivity index (χ1n) is 8.97. The molecule has 0 saturated carbocycles. The fourth-order valence-electron chi connectivity index (χ4n) is 3.31. The summed E-state index contributed by atoms with van der Waals surface area (Å²) in [5, 5.41) is 11.1. The number of nitrogens with zero attached hydrogens (tertiary/aromatic N) is 6. The molecule has 27 heavy (non-hydrogen) atoms. The third-order valence-electron chi connectivity index (χ3n) is 4.77. The molecule has 0 radical (unpaired) electrons. The van der Waals surface area contributed by atoms with Gasteiger partial charge in [-0.1, -0.05) is 17.3 Å². The Morgan fingerprint density at radius 2 is 2.07 bits per heavy atom. The van der Waals surface area contributed by atoms with Gasteiger partial charge in [-0.25, -0.2) is 4.98 Å². The normalized spacial score (nSPS) is 14.9. The quantitative estimate of drug-likeness (QED) is 0.764. The Bertz CT molecular complexity index is 917. The SMILES string of the molecule is Cn1cc(-c2cccc(NC(=O)C3CCN(c4cnccn4)CC3)c2)nn1. The first-order valence-corrected chi connectivity index (χ1v) is 8.97. The number of carbonyl (C=O) groups excluding carboxylic acids is 1. The first kappa shape index (κ1) is 17.1. The molecular weight excluding hydrogens is 342 g/mol. The maximum Gasteiger partial charge on any atom is 0.227 e. The van der Waals surface area contributed by atoms with Crippen LogP contribution < -0.4 is 10.2 Å². The van der Waals surface area contributed by atoms with Crippen LogP contribution in [0.1, 0.15) is 12.8 Å². The maximum absolute atomic E-state index is 12.7. The predicted molar refractivity (Wildman–Crippen MR) is 102 cm³/mol. The summed E-state index contributed by atoms with van der Waals surface area (Å²) in [5.74, 6) is 0.927. The lowest BCUT2D eigenvalue weighted by Gasteiger charge is -2.31. The molecule has 1 saturated heterocycles. The van der Waals surface area contributed by atoms with E-state index in [0.717, 1.165) is 48.7 Å². The van der Waals surface area contributed by atoms with Crippen molar-refractivity contribution in [3.05, 3.63) is 49.1 Å². The number of amides is 1. The summed E-state index contributed by atoms with van der Waals surface area (Å²) in [4.78, 5) is 23.3. The largest absolute Gasteiger partial charge is 0.355 e. The molecule has 1 amide bonds. The topological polar surface area (TPSA) is 88.8 Å². The second kappa shape index (κ2) is 7.53. The Morgan fingerprint density at radius 1 is 1.22 bits per heavy atom. The maximum atomic E-state index is 12.7. The molecule has 1 aliphatic rings. The van der Waals surface area contributed by atoms with Gasteiger partial charge in [0.1, 0.15) is 11.5 Å². The highest BCUT2D eigenvalue weighted by molar-refractivity contribution is 5.93. The zero-order chi connectivity index (χ0) is 18.6. The van der Waals surface area contributed by atoms with E-state index >= 15 is 0 Å². The van der Waals surface area contributed by atoms with Crippen LogP contribution in [0.3, 0.4) is 0 Å². The minimum absolute atomic E-state index is 0.00176. The lowest BCUT2D eigenvalue weighted by molar-refractivity contribution is -0.120. The number of benzene rings is 1. The van der Waals surface area contributed by atoms with E-state index in [9.17, 15) is 4.79 Å². The van der Waals surface area contributed by atoms with Gasteiger partial charge in [-0.2, -0.15) is 0 Å². The van der Waals surface area contributed by atoms with E-state index in [2.05, 4.69) is 30.5 Å². The number of anilines is 2. The molecule has 3 heterocycles. The zero-order valence-electron chi connectivity index (χ0n) is 15.1. The Labute approximate surface area is 157 Å². The number of hydrogen-bond acceptors (Lipinski definition) is 6. The van der Waals surface area contributed by atoms with Gasteiger partial charge in [0, 0.05) is 49.7 Å². The molecule has 0 bridgehead atoms. The Kier molecular flexibility index (Phi) is 4.78. The molecule has 8 nitrogen and oxygen atoms in total. The summed E-state index contributed by atoms with van der Waals surface area (Å²) in [7, 11) is 1.83. The Hall–Kier alpha value is -3.29. The minimum atomic E-state index is -0.00176. The van der Waals surface area contributed by atoms with E-state index in [1.54, 1.807) is 23.3 Å². The molecule has 1 fully saturated rings. The summed E-state index contributed by atoms with van der Waals surface area (Å²) < 4.78 is 1.66. The summed E-state index contributed by atoms with van der Waals surface area (Å²) in [6.07, 6.45) is 8.57. The van der Waals surface area contributed by atoms with Crippen molar-refractivity contribution in [1.29, 1.82) is 0 Å². The number of rotatable bonds is 4. The van der Waals surface area contributed by atoms with Gasteiger partial charge in [-0.15, -0.1) is 5.10 Å². The van der Waals surface area contributed by atoms with Gasteiger partial charge >= 0.3 is 0 Å². The van der Waals surface area contributed by atoms with Crippen molar-refractivity contribution in [3.63, 3.8) is 0 Å². The molecule has 0 spiro atoms.